The molecule has 0 aromatic carbocycles. The van der Waals surface area contributed by atoms with Gasteiger partial charge in [-0.1, -0.05) is 13.8 Å². The molecule has 104 valence electrons. The fraction of sp³-hybridized carbons (Fsp3) is 0.714. The summed E-state index contributed by atoms with van der Waals surface area (Å²) in [6, 6.07) is 4.18. The van der Waals surface area contributed by atoms with Crippen LogP contribution in [0.4, 0.5) is 0 Å². The highest BCUT2D eigenvalue weighted by molar-refractivity contribution is 4.99. The van der Waals surface area contributed by atoms with Gasteiger partial charge >= 0.3 is 0 Å². The van der Waals surface area contributed by atoms with Crippen LogP contribution in [-0.4, -0.2) is 48.3 Å². The van der Waals surface area contributed by atoms with Crippen molar-refractivity contribution < 1.29 is 9.52 Å². The van der Waals surface area contributed by atoms with Crippen LogP contribution < -0.4 is 5.32 Å². The maximum atomic E-state index is 9.93. The Kier molecular flexibility index (Phi) is 7.01. The van der Waals surface area contributed by atoms with Gasteiger partial charge in [0.2, 0.25) is 0 Å². The molecule has 0 aliphatic heterocycles. The van der Waals surface area contributed by atoms with E-state index in [4.69, 9.17) is 4.42 Å². The monoisotopic (exact) mass is 254 g/mol. The third kappa shape index (κ3) is 5.67. The maximum absolute atomic E-state index is 9.93. The molecule has 4 nitrogen and oxygen atoms in total. The van der Waals surface area contributed by atoms with E-state index in [-0.39, 0.29) is 6.10 Å². The van der Waals surface area contributed by atoms with E-state index in [9.17, 15) is 5.11 Å². The van der Waals surface area contributed by atoms with Crippen LogP contribution in [0, 0.1) is 0 Å². The minimum atomic E-state index is -0.316. The summed E-state index contributed by atoms with van der Waals surface area (Å²) in [5.74, 6) is 0.980. The number of nitrogens with zero attached hydrogens (tertiary/aromatic N) is 1. The number of nitrogens with one attached hydrogen (secondary N) is 1. The van der Waals surface area contributed by atoms with Gasteiger partial charge in [0.05, 0.1) is 12.4 Å². The van der Waals surface area contributed by atoms with Crippen molar-refractivity contribution in [2.75, 3.05) is 26.2 Å². The van der Waals surface area contributed by atoms with Gasteiger partial charge in [0.1, 0.15) is 5.76 Å². The van der Waals surface area contributed by atoms with Gasteiger partial charge in [0.25, 0.3) is 0 Å². The largest absolute Gasteiger partial charge is 0.469 e. The number of likely N-dealkylation sites (N-methyl/N-ethyl adjacent to an activating group) is 1. The van der Waals surface area contributed by atoms with Crippen LogP contribution in [0.15, 0.2) is 22.8 Å². The van der Waals surface area contributed by atoms with E-state index in [0.29, 0.717) is 12.6 Å². The highest BCUT2D eigenvalue weighted by Gasteiger charge is 2.11. The van der Waals surface area contributed by atoms with Gasteiger partial charge < -0.3 is 19.7 Å². The lowest BCUT2D eigenvalue weighted by molar-refractivity contribution is 0.114. The molecule has 2 N–H and O–H groups in total. The molecule has 2 unspecified atom stereocenters. The van der Waals surface area contributed by atoms with Crippen molar-refractivity contribution in [2.45, 2.75) is 39.3 Å². The standard InChI is InChI=1S/C14H26N2O2/c1-4-16(5-2)11-13(17)10-15-12(3)9-14-7-6-8-18-14/h6-8,12-13,15,17H,4-5,9-11H2,1-3H3. The van der Waals surface area contributed by atoms with Gasteiger partial charge in [-0.25, -0.2) is 0 Å². The summed E-state index contributed by atoms with van der Waals surface area (Å²) in [6.07, 6.45) is 2.23. The summed E-state index contributed by atoms with van der Waals surface area (Å²) in [5, 5.41) is 13.3. The average Bonchev–Trinajstić information content (AvgIpc) is 2.86. The molecule has 0 saturated heterocycles. The fourth-order valence-corrected chi connectivity index (χ4v) is 1.98. The third-order valence-corrected chi connectivity index (χ3v) is 3.15. The van der Waals surface area contributed by atoms with E-state index in [2.05, 4.69) is 31.0 Å². The van der Waals surface area contributed by atoms with E-state index >= 15 is 0 Å². The first-order valence-corrected chi connectivity index (χ1v) is 6.81. The zero-order valence-electron chi connectivity index (χ0n) is 11.7. The Morgan fingerprint density at radius 3 is 2.67 bits per heavy atom. The molecule has 4 heteroatoms. The molecule has 0 fully saturated rings. The second kappa shape index (κ2) is 8.29. The molecule has 0 radical (unpaired) electrons. The lowest BCUT2D eigenvalue weighted by Crippen LogP contribution is -2.41. The van der Waals surface area contributed by atoms with Gasteiger partial charge in [-0.15, -0.1) is 0 Å². The van der Waals surface area contributed by atoms with Crippen LogP contribution in [0.1, 0.15) is 26.5 Å². The summed E-state index contributed by atoms with van der Waals surface area (Å²) in [5.41, 5.74) is 0. The maximum Gasteiger partial charge on any atom is 0.105 e. The van der Waals surface area contributed by atoms with Crippen molar-refractivity contribution in [3.8, 4) is 0 Å². The number of hydrogen-bond donors (Lipinski definition) is 2. The molecule has 0 bridgehead atoms. The predicted molar refractivity (Wildman–Crippen MR) is 73.7 cm³/mol. The molecule has 0 spiro atoms. The third-order valence-electron chi connectivity index (χ3n) is 3.15. The minimum absolute atomic E-state index is 0.308. The van der Waals surface area contributed by atoms with E-state index in [1.54, 1.807) is 6.26 Å². The summed E-state index contributed by atoms with van der Waals surface area (Å²) >= 11 is 0. The zero-order chi connectivity index (χ0) is 13.4. The summed E-state index contributed by atoms with van der Waals surface area (Å²) < 4.78 is 5.30. The first-order chi connectivity index (χ1) is 8.65. The smallest absolute Gasteiger partial charge is 0.105 e. The van der Waals surface area contributed by atoms with E-state index < -0.39 is 0 Å². The molecule has 18 heavy (non-hydrogen) atoms. The summed E-state index contributed by atoms with van der Waals surface area (Å²) in [6.45, 7) is 9.65. The molecular formula is C14H26N2O2. The minimum Gasteiger partial charge on any atom is -0.469 e. The second-order valence-corrected chi connectivity index (χ2v) is 4.73. The van der Waals surface area contributed by atoms with Crippen molar-refractivity contribution in [1.82, 2.24) is 10.2 Å². The van der Waals surface area contributed by atoms with Crippen LogP contribution in [0.3, 0.4) is 0 Å². The summed E-state index contributed by atoms with van der Waals surface area (Å²) in [4.78, 5) is 2.23. The van der Waals surface area contributed by atoms with Gasteiger partial charge in [-0.3, -0.25) is 0 Å². The Bertz CT molecular complexity index is 297. The highest BCUT2D eigenvalue weighted by atomic mass is 16.3. The van der Waals surface area contributed by atoms with Gasteiger partial charge in [-0.2, -0.15) is 0 Å². The first-order valence-electron chi connectivity index (χ1n) is 6.81. The van der Waals surface area contributed by atoms with Crippen LogP contribution >= 0.6 is 0 Å². The SMILES string of the molecule is CCN(CC)CC(O)CNC(C)Cc1ccco1. The number of hydrogen-bond acceptors (Lipinski definition) is 4. The summed E-state index contributed by atoms with van der Waals surface area (Å²) in [7, 11) is 0. The first kappa shape index (κ1) is 15.2. The Balaban J connectivity index is 2.19. The highest BCUT2D eigenvalue weighted by Crippen LogP contribution is 2.03. The second-order valence-electron chi connectivity index (χ2n) is 4.73. The average molecular weight is 254 g/mol. The van der Waals surface area contributed by atoms with Crippen LogP contribution in [0.25, 0.3) is 0 Å². The molecule has 0 aliphatic carbocycles. The van der Waals surface area contributed by atoms with Gasteiger partial charge in [0.15, 0.2) is 0 Å². The number of aliphatic hydroxyl groups is 1. The normalized spacial score (nSPS) is 14.9. The van der Waals surface area contributed by atoms with E-state index in [1.807, 2.05) is 12.1 Å². The molecule has 1 aromatic heterocycles. The Morgan fingerprint density at radius 2 is 2.11 bits per heavy atom. The Labute approximate surface area is 110 Å². The lowest BCUT2D eigenvalue weighted by Gasteiger charge is -2.23. The lowest BCUT2D eigenvalue weighted by atomic mass is 10.2. The van der Waals surface area contributed by atoms with Crippen molar-refractivity contribution in [1.29, 1.82) is 0 Å². The topological polar surface area (TPSA) is 48.6 Å². The molecule has 1 aromatic rings. The fourth-order valence-electron chi connectivity index (χ4n) is 1.98. The van der Waals surface area contributed by atoms with Crippen LogP contribution in [0.2, 0.25) is 0 Å². The van der Waals surface area contributed by atoms with Crippen molar-refractivity contribution in [2.24, 2.45) is 0 Å². The predicted octanol–water partition coefficient (Wildman–Crippen LogP) is 1.50. The van der Waals surface area contributed by atoms with E-state index in [1.165, 1.54) is 0 Å². The molecule has 0 amide bonds. The quantitative estimate of drug-likeness (QED) is 0.701. The van der Waals surface area contributed by atoms with Crippen molar-refractivity contribution in [3.05, 3.63) is 24.2 Å². The molecule has 1 heterocycles. The van der Waals surface area contributed by atoms with E-state index in [0.717, 1.165) is 31.8 Å². The number of rotatable bonds is 9. The number of furan rings is 1. The molecule has 0 aliphatic rings. The number of aliphatic hydroxyl groups excluding tert-OH is 1. The Hall–Kier alpha value is -0.840. The molecule has 1 rings (SSSR count). The zero-order valence-corrected chi connectivity index (χ0v) is 11.7. The van der Waals surface area contributed by atoms with Crippen LogP contribution in [-0.2, 0) is 6.42 Å². The van der Waals surface area contributed by atoms with Crippen molar-refractivity contribution in [3.63, 3.8) is 0 Å². The van der Waals surface area contributed by atoms with Gasteiger partial charge in [-0.05, 0) is 32.1 Å². The van der Waals surface area contributed by atoms with Crippen LogP contribution in [0.5, 0.6) is 0 Å². The van der Waals surface area contributed by atoms with Gasteiger partial charge in [0, 0.05) is 25.6 Å². The van der Waals surface area contributed by atoms with Crippen molar-refractivity contribution >= 4 is 0 Å². The molecule has 2 atom stereocenters. The Morgan fingerprint density at radius 1 is 1.39 bits per heavy atom. The molecule has 0 saturated carbocycles. The molecular weight excluding hydrogens is 228 g/mol.